The highest BCUT2D eigenvalue weighted by atomic mass is 16.6. The summed E-state index contributed by atoms with van der Waals surface area (Å²) in [4.78, 5) is 82.4. The third kappa shape index (κ3) is 8.36. The van der Waals surface area contributed by atoms with E-state index in [2.05, 4.69) is 0 Å². The number of fused-ring (bicyclic) bond motifs is 4. The number of carbonyl (C=O) groups is 6. The van der Waals surface area contributed by atoms with Gasteiger partial charge in [-0.15, -0.1) is 0 Å². The molecule has 0 amide bonds. The number of phenols is 2. The summed E-state index contributed by atoms with van der Waals surface area (Å²) in [6, 6.07) is 16.8. The van der Waals surface area contributed by atoms with Crippen molar-refractivity contribution in [2.45, 2.75) is 52.4 Å². The molecule has 1 atom stereocenters. The second-order valence-corrected chi connectivity index (χ2v) is 13.9. The molecule has 308 valence electrons. The van der Waals surface area contributed by atoms with Crippen LogP contribution in [-0.2, 0) is 32.1 Å². The van der Waals surface area contributed by atoms with Gasteiger partial charge in [0, 0.05) is 41.7 Å². The van der Waals surface area contributed by atoms with Crippen molar-refractivity contribution in [3.05, 3.63) is 128 Å². The lowest BCUT2D eigenvalue weighted by molar-refractivity contribution is -0.139. The average Bonchev–Trinajstić information content (AvgIpc) is 3.54. The number of carboxylic acid groups (broad SMARTS) is 2. The van der Waals surface area contributed by atoms with Crippen molar-refractivity contribution in [2.75, 3.05) is 0 Å². The molecule has 4 aromatic carbocycles. The molecule has 2 aliphatic heterocycles. The van der Waals surface area contributed by atoms with E-state index in [1.807, 2.05) is 26.0 Å². The van der Waals surface area contributed by atoms with Gasteiger partial charge in [-0.05, 0) is 69.2 Å². The van der Waals surface area contributed by atoms with Crippen LogP contribution in [0.2, 0.25) is 0 Å². The first-order chi connectivity index (χ1) is 28.4. The van der Waals surface area contributed by atoms with Gasteiger partial charge >= 0.3 is 35.5 Å². The van der Waals surface area contributed by atoms with Gasteiger partial charge in [0.05, 0.1) is 16.7 Å². The summed E-state index contributed by atoms with van der Waals surface area (Å²) in [6.07, 6.45) is 1.59. The Balaban J connectivity index is 0.000000208. The standard InChI is InChI=1S/C22H16O12.C21H18O5/c1-8-5-12(24)10(6-23)19-15(8)22(31)34-20-11(7-32-14(27)4-3-13(25)26)17(28)16(21(29)30)9(2)18(20)33-19;1-21(2,26-20(23)13-6-4-3-5-7-13)18-11-15-10-14-8-9-19(22)25-16(14)12-17(15)24-18/h3-6,24,28H,7H2,1-2H3,(H,25,26)(H,29,30);3-10,12,18H,11H2,1-2H3. The summed E-state index contributed by atoms with van der Waals surface area (Å²) in [7, 11) is 0. The summed E-state index contributed by atoms with van der Waals surface area (Å²) >= 11 is 0. The van der Waals surface area contributed by atoms with Gasteiger partial charge in [0.2, 0.25) is 0 Å². The van der Waals surface area contributed by atoms with E-state index < -0.39 is 81.4 Å². The van der Waals surface area contributed by atoms with Crippen molar-refractivity contribution in [1.29, 1.82) is 0 Å². The molecule has 17 nitrogen and oxygen atoms in total. The lowest BCUT2D eigenvalue weighted by atomic mass is 9.96. The van der Waals surface area contributed by atoms with E-state index in [0.717, 1.165) is 17.0 Å². The fourth-order valence-electron chi connectivity index (χ4n) is 6.45. The molecule has 4 N–H and O–H groups in total. The fourth-order valence-corrected chi connectivity index (χ4v) is 6.45. The van der Waals surface area contributed by atoms with Gasteiger partial charge in [0.25, 0.3) is 0 Å². The van der Waals surface area contributed by atoms with Crippen molar-refractivity contribution in [3.63, 3.8) is 0 Å². The van der Waals surface area contributed by atoms with Crippen LogP contribution in [0.15, 0.2) is 82.0 Å². The molecular formula is C43H34O17. The third-order valence-electron chi connectivity index (χ3n) is 9.49. The molecule has 2 aliphatic rings. The molecule has 0 spiro atoms. The minimum absolute atomic E-state index is 0.169. The van der Waals surface area contributed by atoms with E-state index in [4.69, 9.17) is 33.2 Å². The number of ether oxygens (including phenoxy) is 5. The Kier molecular flexibility index (Phi) is 11.5. The first kappa shape index (κ1) is 41.7. The summed E-state index contributed by atoms with van der Waals surface area (Å²) in [5.74, 6) is -7.64. The zero-order chi connectivity index (χ0) is 43.6. The molecule has 17 heteroatoms. The van der Waals surface area contributed by atoms with Crippen LogP contribution in [0.3, 0.4) is 0 Å². The van der Waals surface area contributed by atoms with Crippen LogP contribution in [0.25, 0.3) is 11.0 Å². The van der Waals surface area contributed by atoms with E-state index in [9.17, 15) is 48.9 Å². The highest BCUT2D eigenvalue weighted by Gasteiger charge is 2.40. The van der Waals surface area contributed by atoms with Crippen molar-refractivity contribution < 1.29 is 77.3 Å². The molecule has 0 bridgehead atoms. The number of benzene rings is 4. The van der Waals surface area contributed by atoms with E-state index in [1.165, 1.54) is 19.9 Å². The number of aliphatic carboxylic acids is 1. The number of carboxylic acids is 2. The Hall–Kier alpha value is -7.95. The number of aromatic carboxylic acids is 1. The van der Waals surface area contributed by atoms with Gasteiger partial charge in [0.15, 0.2) is 23.5 Å². The fraction of sp³-hybridized carbons (Fsp3) is 0.186. The SMILES string of the molecule is CC(C)(OC(=O)c1ccccc1)C1Cc2cc3ccc(=O)oc3cc2O1.Cc1cc(O)c(C=O)c2c1C(=O)Oc1c(COC(=O)C=CC(=O)O)c(O)c(C(=O)O)c(C)c1O2. The Morgan fingerprint density at radius 1 is 0.900 bits per heavy atom. The minimum Gasteiger partial charge on any atom is -0.507 e. The zero-order valence-corrected chi connectivity index (χ0v) is 32.1. The molecule has 1 unspecified atom stereocenters. The van der Waals surface area contributed by atoms with Gasteiger partial charge < -0.3 is 48.5 Å². The number of aldehydes is 1. The second-order valence-electron chi connectivity index (χ2n) is 13.9. The number of esters is 3. The normalized spacial score (nSPS) is 13.9. The highest BCUT2D eigenvalue weighted by Crippen LogP contribution is 2.50. The second kappa shape index (κ2) is 16.5. The molecule has 0 saturated heterocycles. The van der Waals surface area contributed by atoms with Crippen LogP contribution in [0.5, 0.6) is 34.5 Å². The Morgan fingerprint density at radius 2 is 1.62 bits per heavy atom. The summed E-state index contributed by atoms with van der Waals surface area (Å²) < 4.78 is 32.9. The molecule has 0 fully saturated rings. The number of rotatable bonds is 9. The van der Waals surface area contributed by atoms with Crippen LogP contribution in [0.1, 0.15) is 77.5 Å². The maximum absolute atomic E-state index is 12.9. The summed E-state index contributed by atoms with van der Waals surface area (Å²) in [5, 5.41) is 39.7. The summed E-state index contributed by atoms with van der Waals surface area (Å²) in [5.41, 5.74) is -1.04. The number of aromatic hydroxyl groups is 2. The molecule has 0 aliphatic carbocycles. The van der Waals surface area contributed by atoms with Crippen molar-refractivity contribution in [1.82, 2.24) is 0 Å². The number of phenolic OH excluding ortho intramolecular Hbond substituents is 1. The van der Waals surface area contributed by atoms with Crippen LogP contribution in [0.4, 0.5) is 0 Å². The topological polar surface area (TPSA) is 260 Å². The lowest BCUT2D eigenvalue weighted by Crippen LogP contribution is -2.43. The molecule has 60 heavy (non-hydrogen) atoms. The lowest BCUT2D eigenvalue weighted by Gasteiger charge is -2.30. The van der Waals surface area contributed by atoms with E-state index in [-0.39, 0.29) is 40.8 Å². The number of hydrogen-bond donors (Lipinski definition) is 4. The first-order valence-electron chi connectivity index (χ1n) is 17.8. The van der Waals surface area contributed by atoms with Crippen molar-refractivity contribution >= 4 is 47.1 Å². The predicted octanol–water partition coefficient (Wildman–Crippen LogP) is 5.97. The van der Waals surface area contributed by atoms with Gasteiger partial charge in [-0.3, -0.25) is 4.79 Å². The van der Waals surface area contributed by atoms with Gasteiger partial charge in [-0.2, -0.15) is 0 Å². The molecule has 0 saturated carbocycles. The van der Waals surface area contributed by atoms with Crippen LogP contribution in [0, 0.1) is 13.8 Å². The Bertz CT molecular complexity index is 2710. The van der Waals surface area contributed by atoms with Crippen LogP contribution < -0.4 is 19.8 Å². The number of aryl methyl sites for hydroxylation is 1. The van der Waals surface area contributed by atoms with E-state index in [1.54, 1.807) is 36.4 Å². The Labute approximate surface area is 338 Å². The number of carbonyl (C=O) groups excluding carboxylic acids is 4. The first-order valence-corrected chi connectivity index (χ1v) is 17.8. The molecular weight excluding hydrogens is 788 g/mol. The summed E-state index contributed by atoms with van der Waals surface area (Å²) in [6.45, 7) is 5.50. The van der Waals surface area contributed by atoms with E-state index in [0.29, 0.717) is 35.5 Å². The zero-order valence-electron chi connectivity index (χ0n) is 32.1. The number of hydrogen-bond acceptors (Lipinski definition) is 15. The van der Waals surface area contributed by atoms with Gasteiger partial charge in [-0.25, -0.2) is 28.8 Å². The van der Waals surface area contributed by atoms with Crippen molar-refractivity contribution in [3.8, 4) is 34.5 Å². The van der Waals surface area contributed by atoms with E-state index >= 15 is 0 Å². The van der Waals surface area contributed by atoms with Crippen LogP contribution in [-0.4, -0.2) is 68.3 Å². The molecule has 0 radical (unpaired) electrons. The molecule has 1 aromatic heterocycles. The molecule has 7 rings (SSSR count). The minimum atomic E-state index is -1.60. The van der Waals surface area contributed by atoms with Crippen LogP contribution >= 0.6 is 0 Å². The highest BCUT2D eigenvalue weighted by molar-refractivity contribution is 6.03. The Morgan fingerprint density at radius 3 is 2.28 bits per heavy atom. The predicted molar refractivity (Wildman–Crippen MR) is 206 cm³/mol. The third-order valence-corrected chi connectivity index (χ3v) is 9.49. The maximum Gasteiger partial charge on any atom is 0.347 e. The smallest absolute Gasteiger partial charge is 0.347 e. The largest absolute Gasteiger partial charge is 0.507 e. The average molecular weight is 823 g/mol. The molecule has 3 heterocycles. The quantitative estimate of drug-likeness (QED) is 0.0439. The van der Waals surface area contributed by atoms with Crippen molar-refractivity contribution in [2.24, 2.45) is 0 Å². The molecule has 5 aromatic rings. The monoisotopic (exact) mass is 822 g/mol. The van der Waals surface area contributed by atoms with Gasteiger partial charge in [0.1, 0.15) is 52.3 Å². The van der Waals surface area contributed by atoms with Gasteiger partial charge in [-0.1, -0.05) is 18.2 Å². The maximum atomic E-state index is 12.9.